The van der Waals surface area contributed by atoms with Crippen molar-refractivity contribution < 1.29 is 0 Å². The van der Waals surface area contributed by atoms with E-state index in [1.807, 2.05) is 0 Å². The molecule has 3 aliphatic carbocycles. The van der Waals surface area contributed by atoms with Gasteiger partial charge in [0.15, 0.2) is 0 Å². The zero-order chi connectivity index (χ0) is 7.26. The Morgan fingerprint density at radius 2 is 1.91 bits per heavy atom. The van der Waals surface area contributed by atoms with Gasteiger partial charge in [-0.25, -0.2) is 0 Å². The Balaban J connectivity index is 1.98. The van der Waals surface area contributed by atoms with Gasteiger partial charge >= 0.3 is 0 Å². The molecule has 1 saturated carbocycles. The van der Waals surface area contributed by atoms with Crippen LogP contribution in [0, 0.1) is 23.7 Å². The van der Waals surface area contributed by atoms with Crippen molar-refractivity contribution in [2.24, 2.45) is 23.7 Å². The van der Waals surface area contributed by atoms with Crippen molar-refractivity contribution in [2.45, 2.75) is 19.3 Å². The fourth-order valence-corrected chi connectivity index (χ4v) is 3.24. The van der Waals surface area contributed by atoms with E-state index in [-0.39, 0.29) is 0 Å². The molecule has 0 aliphatic heterocycles. The molecule has 11 heavy (non-hydrogen) atoms. The number of rotatable bonds is 0. The summed E-state index contributed by atoms with van der Waals surface area (Å²) in [4.78, 5) is 0. The van der Waals surface area contributed by atoms with Gasteiger partial charge in [-0.05, 0) is 42.9 Å². The van der Waals surface area contributed by atoms with Gasteiger partial charge in [0.05, 0.1) is 0 Å². The summed E-state index contributed by atoms with van der Waals surface area (Å²) in [5.74, 6) is 3.90. The minimum Gasteiger partial charge on any atom is -0.0880 e. The molecule has 0 aromatic heterocycles. The second-order valence-corrected chi connectivity index (χ2v) is 4.23. The highest BCUT2D eigenvalue weighted by Gasteiger charge is 2.42. The maximum Gasteiger partial charge on any atom is -0.0165 e. The van der Waals surface area contributed by atoms with Gasteiger partial charge in [0.2, 0.25) is 0 Å². The summed E-state index contributed by atoms with van der Waals surface area (Å²) in [6.07, 6.45) is 13.9. The Morgan fingerprint density at radius 1 is 1.00 bits per heavy atom. The van der Waals surface area contributed by atoms with Gasteiger partial charge in [-0.1, -0.05) is 24.3 Å². The average Bonchev–Trinajstić information content (AvgIpc) is 2.58. The Labute approximate surface area is 68.0 Å². The molecule has 0 radical (unpaired) electrons. The Bertz CT molecular complexity index is 224. The highest BCUT2D eigenvalue weighted by molar-refractivity contribution is 5.16. The molecular formula is C11H14. The number of hydrogen-bond acceptors (Lipinski definition) is 0. The summed E-state index contributed by atoms with van der Waals surface area (Å²) in [5.41, 5.74) is 0. The lowest BCUT2D eigenvalue weighted by molar-refractivity contribution is 0.400. The third-order valence-corrected chi connectivity index (χ3v) is 3.75. The summed E-state index contributed by atoms with van der Waals surface area (Å²) in [7, 11) is 0. The third-order valence-electron chi connectivity index (χ3n) is 3.75. The molecule has 0 nitrogen and oxygen atoms in total. The lowest BCUT2D eigenvalue weighted by Gasteiger charge is -2.14. The van der Waals surface area contributed by atoms with Gasteiger partial charge in [-0.2, -0.15) is 0 Å². The van der Waals surface area contributed by atoms with E-state index in [0.717, 1.165) is 23.7 Å². The topological polar surface area (TPSA) is 0 Å². The lowest BCUT2D eigenvalue weighted by atomic mass is 9.91. The molecule has 1 fully saturated rings. The first-order valence-electron chi connectivity index (χ1n) is 4.78. The van der Waals surface area contributed by atoms with Crippen molar-refractivity contribution in [2.75, 3.05) is 0 Å². The van der Waals surface area contributed by atoms with Crippen molar-refractivity contribution in [1.29, 1.82) is 0 Å². The molecule has 58 valence electrons. The predicted octanol–water partition coefficient (Wildman–Crippen LogP) is 2.77. The second-order valence-electron chi connectivity index (χ2n) is 4.23. The summed E-state index contributed by atoms with van der Waals surface area (Å²) < 4.78 is 0. The molecular weight excluding hydrogens is 132 g/mol. The van der Waals surface area contributed by atoms with Crippen LogP contribution in [0.15, 0.2) is 24.3 Å². The summed E-state index contributed by atoms with van der Waals surface area (Å²) in [5, 5.41) is 0. The van der Waals surface area contributed by atoms with Crippen LogP contribution in [0.3, 0.4) is 0 Å². The summed E-state index contributed by atoms with van der Waals surface area (Å²) in [6.45, 7) is 0. The number of hydrogen-bond donors (Lipinski definition) is 0. The molecule has 2 bridgehead atoms. The predicted molar refractivity (Wildman–Crippen MR) is 46.1 cm³/mol. The van der Waals surface area contributed by atoms with Crippen LogP contribution in [0.5, 0.6) is 0 Å². The number of allylic oxidation sites excluding steroid dienone is 4. The van der Waals surface area contributed by atoms with E-state index in [2.05, 4.69) is 24.3 Å². The van der Waals surface area contributed by atoms with Gasteiger partial charge < -0.3 is 0 Å². The largest absolute Gasteiger partial charge is 0.0880 e. The fraction of sp³-hybridized carbons (Fsp3) is 0.636. The van der Waals surface area contributed by atoms with Gasteiger partial charge in [-0.3, -0.25) is 0 Å². The minimum absolute atomic E-state index is 0.939. The van der Waals surface area contributed by atoms with Crippen molar-refractivity contribution >= 4 is 0 Å². The van der Waals surface area contributed by atoms with Gasteiger partial charge in [-0.15, -0.1) is 0 Å². The molecule has 0 N–H and O–H groups in total. The van der Waals surface area contributed by atoms with Crippen molar-refractivity contribution in [3.8, 4) is 0 Å². The molecule has 0 heteroatoms. The molecule has 3 rings (SSSR count). The maximum atomic E-state index is 2.47. The average molecular weight is 146 g/mol. The van der Waals surface area contributed by atoms with Crippen LogP contribution in [0.2, 0.25) is 0 Å². The molecule has 0 amide bonds. The minimum atomic E-state index is 0.939. The van der Waals surface area contributed by atoms with Crippen LogP contribution in [0.4, 0.5) is 0 Å². The monoisotopic (exact) mass is 146 g/mol. The van der Waals surface area contributed by atoms with E-state index in [1.54, 1.807) is 0 Å². The number of fused-ring (bicyclic) bond motifs is 5. The quantitative estimate of drug-likeness (QED) is 0.461. The Morgan fingerprint density at radius 3 is 2.91 bits per heavy atom. The first kappa shape index (κ1) is 6.05. The maximum absolute atomic E-state index is 2.47. The lowest BCUT2D eigenvalue weighted by Crippen LogP contribution is -2.07. The molecule has 4 atom stereocenters. The van der Waals surface area contributed by atoms with E-state index >= 15 is 0 Å². The summed E-state index contributed by atoms with van der Waals surface area (Å²) in [6, 6.07) is 0. The highest BCUT2D eigenvalue weighted by Crippen LogP contribution is 2.51. The van der Waals surface area contributed by atoms with Crippen LogP contribution in [0.25, 0.3) is 0 Å². The SMILES string of the molecule is C1=CC2CC(C1)C1C=CCC21. The van der Waals surface area contributed by atoms with Crippen molar-refractivity contribution in [1.82, 2.24) is 0 Å². The first-order chi connectivity index (χ1) is 5.45. The third kappa shape index (κ3) is 0.702. The van der Waals surface area contributed by atoms with Crippen LogP contribution in [0.1, 0.15) is 19.3 Å². The van der Waals surface area contributed by atoms with E-state index in [0.29, 0.717) is 0 Å². The molecule has 0 aromatic rings. The first-order valence-corrected chi connectivity index (χ1v) is 4.78. The molecule has 0 saturated heterocycles. The standard InChI is InChI=1S/C11H14/c1-3-8-7-9(4-1)11-6-2-5-10(8)11/h1-3,6,8-11H,4-5,7H2. The Kier molecular flexibility index (Phi) is 1.10. The van der Waals surface area contributed by atoms with Crippen molar-refractivity contribution in [3.05, 3.63) is 24.3 Å². The zero-order valence-electron chi connectivity index (χ0n) is 6.74. The Hall–Kier alpha value is -0.520. The molecule has 3 aliphatic rings. The molecule has 0 heterocycles. The van der Waals surface area contributed by atoms with Gasteiger partial charge in [0.1, 0.15) is 0 Å². The van der Waals surface area contributed by atoms with Crippen LogP contribution in [-0.4, -0.2) is 0 Å². The second kappa shape index (κ2) is 2.00. The van der Waals surface area contributed by atoms with E-state index in [4.69, 9.17) is 0 Å². The van der Waals surface area contributed by atoms with Crippen LogP contribution >= 0.6 is 0 Å². The van der Waals surface area contributed by atoms with Crippen LogP contribution in [-0.2, 0) is 0 Å². The van der Waals surface area contributed by atoms with Crippen LogP contribution < -0.4 is 0 Å². The van der Waals surface area contributed by atoms with E-state index in [9.17, 15) is 0 Å². The molecule has 0 spiro atoms. The zero-order valence-corrected chi connectivity index (χ0v) is 6.74. The van der Waals surface area contributed by atoms with Gasteiger partial charge in [0, 0.05) is 0 Å². The molecule has 0 aromatic carbocycles. The smallest absolute Gasteiger partial charge is 0.0165 e. The van der Waals surface area contributed by atoms with Gasteiger partial charge in [0.25, 0.3) is 0 Å². The van der Waals surface area contributed by atoms with E-state index in [1.165, 1.54) is 19.3 Å². The fourth-order valence-electron chi connectivity index (χ4n) is 3.24. The van der Waals surface area contributed by atoms with Crippen molar-refractivity contribution in [3.63, 3.8) is 0 Å². The normalized spacial score (nSPS) is 51.6. The summed E-state index contributed by atoms with van der Waals surface area (Å²) >= 11 is 0. The van der Waals surface area contributed by atoms with E-state index < -0.39 is 0 Å². The molecule has 4 unspecified atom stereocenters. The highest BCUT2D eigenvalue weighted by atomic mass is 14.5.